The number of hydrogen-bond acceptors (Lipinski definition) is 6. The van der Waals surface area contributed by atoms with Crippen molar-refractivity contribution in [1.82, 2.24) is 5.32 Å². The minimum Gasteiger partial charge on any atom is -0.456 e. The summed E-state index contributed by atoms with van der Waals surface area (Å²) in [6, 6.07) is 17.9. The van der Waals surface area contributed by atoms with E-state index in [1.807, 2.05) is 18.2 Å². The van der Waals surface area contributed by atoms with Crippen LogP contribution in [0.15, 0.2) is 58.5 Å². The number of fused-ring (bicyclic) bond motifs is 1. The van der Waals surface area contributed by atoms with E-state index in [2.05, 4.69) is 54.4 Å². The highest BCUT2D eigenvalue weighted by Gasteiger charge is 2.17. The fraction of sp³-hybridized carbons (Fsp3) is 0.308. The minimum absolute atomic E-state index is 0.108. The summed E-state index contributed by atoms with van der Waals surface area (Å²) in [6.45, 7) is 7.19. The van der Waals surface area contributed by atoms with Crippen molar-refractivity contribution in [2.75, 3.05) is 31.1 Å². The smallest absolute Gasteiger partial charge is 0.262 e. The van der Waals surface area contributed by atoms with Crippen LogP contribution in [0.25, 0.3) is 27.7 Å². The van der Waals surface area contributed by atoms with E-state index in [1.165, 1.54) is 5.69 Å². The maximum absolute atomic E-state index is 12.3. The molecule has 172 valence electrons. The van der Waals surface area contributed by atoms with Crippen LogP contribution in [0.4, 0.5) is 5.69 Å². The molecule has 0 saturated carbocycles. The van der Waals surface area contributed by atoms with Crippen molar-refractivity contribution in [2.24, 2.45) is 0 Å². The molecule has 1 atom stereocenters. The van der Waals surface area contributed by atoms with Gasteiger partial charge in [-0.1, -0.05) is 18.2 Å². The quantitative estimate of drug-likeness (QED) is 0.341. The van der Waals surface area contributed by atoms with E-state index >= 15 is 0 Å². The Morgan fingerprint density at radius 3 is 2.48 bits per heavy atom. The van der Waals surface area contributed by atoms with Gasteiger partial charge in [0.1, 0.15) is 23.2 Å². The van der Waals surface area contributed by atoms with Gasteiger partial charge in [-0.3, -0.25) is 4.79 Å². The molecule has 0 aliphatic rings. The third kappa shape index (κ3) is 5.43. The molecule has 0 bridgehead atoms. The molecule has 33 heavy (non-hydrogen) atoms. The number of rotatable bonds is 9. The van der Waals surface area contributed by atoms with Crippen LogP contribution < -0.4 is 10.2 Å². The lowest BCUT2D eigenvalue weighted by Crippen LogP contribution is -2.34. The van der Waals surface area contributed by atoms with Crippen molar-refractivity contribution in [1.29, 1.82) is 5.26 Å². The van der Waals surface area contributed by atoms with Gasteiger partial charge >= 0.3 is 0 Å². The predicted octanol–water partition coefficient (Wildman–Crippen LogP) is 3.71. The summed E-state index contributed by atoms with van der Waals surface area (Å²) >= 11 is 0. The first kappa shape index (κ1) is 24.1. The molecular weight excluding hydrogens is 418 g/mol. The largest absolute Gasteiger partial charge is 0.456 e. The molecule has 0 fully saturated rings. The van der Waals surface area contributed by atoms with Crippen molar-refractivity contribution in [3.05, 3.63) is 59.9 Å². The zero-order valence-corrected chi connectivity index (χ0v) is 19.1. The molecule has 0 aliphatic heterocycles. The Balaban J connectivity index is 1.86. The van der Waals surface area contributed by atoms with E-state index < -0.39 is 18.6 Å². The number of allylic oxidation sites excluding steroid dienone is 1. The van der Waals surface area contributed by atoms with Crippen molar-refractivity contribution in [2.45, 2.75) is 26.9 Å². The number of hydrogen-bond donors (Lipinski definition) is 3. The lowest BCUT2D eigenvalue weighted by Gasteiger charge is -2.21. The van der Waals surface area contributed by atoms with Gasteiger partial charge in [-0.15, -0.1) is 0 Å². The molecule has 1 heterocycles. The first-order chi connectivity index (χ1) is 15.9. The number of carbonyl (C=O) groups excluding carboxylic acids is 1. The van der Waals surface area contributed by atoms with Gasteiger partial charge in [0.2, 0.25) is 0 Å². The lowest BCUT2D eigenvalue weighted by molar-refractivity contribution is -0.117. The van der Waals surface area contributed by atoms with Gasteiger partial charge in [0.25, 0.3) is 5.91 Å². The van der Waals surface area contributed by atoms with Gasteiger partial charge in [0.05, 0.1) is 12.7 Å². The summed E-state index contributed by atoms with van der Waals surface area (Å²) in [4.78, 5) is 14.6. The molecule has 0 saturated heterocycles. The molecule has 3 aromatic rings. The number of anilines is 1. The average molecular weight is 448 g/mol. The number of nitriles is 1. The highest BCUT2D eigenvalue weighted by molar-refractivity contribution is 6.04. The maximum atomic E-state index is 12.3. The number of benzene rings is 2. The Kier molecular flexibility index (Phi) is 7.88. The van der Waals surface area contributed by atoms with Crippen molar-refractivity contribution in [3.8, 4) is 17.4 Å². The van der Waals surface area contributed by atoms with Gasteiger partial charge in [-0.05, 0) is 61.9 Å². The van der Waals surface area contributed by atoms with Crippen LogP contribution >= 0.6 is 0 Å². The Morgan fingerprint density at radius 1 is 1.12 bits per heavy atom. The van der Waals surface area contributed by atoms with E-state index in [-0.39, 0.29) is 12.1 Å². The summed E-state index contributed by atoms with van der Waals surface area (Å²) in [5, 5.41) is 32.4. The fourth-order valence-electron chi connectivity index (χ4n) is 3.66. The normalized spacial score (nSPS) is 12.7. The van der Waals surface area contributed by atoms with Gasteiger partial charge in [-0.25, -0.2) is 0 Å². The molecule has 0 spiro atoms. The first-order valence-electron chi connectivity index (χ1n) is 11.0. The number of amides is 1. The van der Waals surface area contributed by atoms with E-state index in [4.69, 9.17) is 9.52 Å². The van der Waals surface area contributed by atoms with Crippen molar-refractivity contribution >= 4 is 27.9 Å². The Hall–Kier alpha value is -3.60. The van der Waals surface area contributed by atoms with Gasteiger partial charge in [0.15, 0.2) is 0 Å². The van der Waals surface area contributed by atoms with E-state index in [1.54, 1.807) is 13.0 Å². The molecule has 1 amide bonds. The Morgan fingerprint density at radius 2 is 1.82 bits per heavy atom. The predicted molar refractivity (Wildman–Crippen MR) is 130 cm³/mol. The SMILES string of the molecule is CCN(CC)c1ccc2cc(-c3ccc(C(C)=C(C#N)C(=O)NCC(O)CO)o3)ccc2c1. The van der Waals surface area contributed by atoms with Crippen LogP contribution in [0.5, 0.6) is 0 Å². The number of nitrogens with one attached hydrogen (secondary N) is 1. The Bertz CT molecular complexity index is 1200. The van der Waals surface area contributed by atoms with Crippen LogP contribution in [0.2, 0.25) is 0 Å². The average Bonchev–Trinajstić information content (AvgIpc) is 3.33. The summed E-state index contributed by atoms with van der Waals surface area (Å²) in [6.07, 6.45) is -1.08. The van der Waals surface area contributed by atoms with E-state index in [0.29, 0.717) is 17.1 Å². The van der Waals surface area contributed by atoms with Gasteiger partial charge in [0, 0.05) is 36.5 Å². The number of carbonyl (C=O) groups is 1. The molecule has 3 rings (SSSR count). The molecule has 0 radical (unpaired) electrons. The van der Waals surface area contributed by atoms with E-state index in [9.17, 15) is 15.2 Å². The molecule has 0 aliphatic carbocycles. The Labute approximate surface area is 193 Å². The zero-order chi connectivity index (χ0) is 24.0. The molecule has 3 N–H and O–H groups in total. The first-order valence-corrected chi connectivity index (χ1v) is 11.0. The standard InChI is InChI=1S/C26H29N3O4/c1-4-29(5-2)21-9-8-18-12-20(7-6-19(18)13-21)25-11-10-24(33-25)17(3)23(14-27)26(32)28-15-22(31)16-30/h6-13,22,30-31H,4-5,15-16H2,1-3H3,(H,28,32). The second-order valence-electron chi connectivity index (χ2n) is 7.74. The lowest BCUT2D eigenvalue weighted by atomic mass is 10.0. The van der Waals surface area contributed by atoms with Crippen molar-refractivity contribution < 1.29 is 19.4 Å². The monoisotopic (exact) mass is 447 g/mol. The number of aliphatic hydroxyl groups excluding tert-OH is 2. The zero-order valence-electron chi connectivity index (χ0n) is 19.1. The second kappa shape index (κ2) is 10.8. The molecule has 2 aromatic carbocycles. The topological polar surface area (TPSA) is 110 Å². The highest BCUT2D eigenvalue weighted by atomic mass is 16.3. The van der Waals surface area contributed by atoms with Crippen LogP contribution in [0.1, 0.15) is 26.5 Å². The van der Waals surface area contributed by atoms with E-state index in [0.717, 1.165) is 29.4 Å². The summed E-state index contributed by atoms with van der Waals surface area (Å²) < 4.78 is 5.97. The highest BCUT2D eigenvalue weighted by Crippen LogP contribution is 2.31. The van der Waals surface area contributed by atoms with Crippen LogP contribution in [0, 0.1) is 11.3 Å². The third-order valence-corrected chi connectivity index (χ3v) is 5.64. The molecular formula is C26H29N3O4. The number of furan rings is 1. The molecule has 7 nitrogen and oxygen atoms in total. The molecule has 1 unspecified atom stereocenters. The van der Waals surface area contributed by atoms with Crippen molar-refractivity contribution in [3.63, 3.8) is 0 Å². The van der Waals surface area contributed by atoms with Crippen LogP contribution in [-0.4, -0.2) is 48.5 Å². The summed E-state index contributed by atoms with van der Waals surface area (Å²) in [5.41, 5.74) is 2.37. The second-order valence-corrected chi connectivity index (χ2v) is 7.74. The van der Waals surface area contributed by atoms with Crippen LogP contribution in [-0.2, 0) is 4.79 Å². The minimum atomic E-state index is -1.08. The number of aliphatic hydroxyl groups is 2. The summed E-state index contributed by atoms with van der Waals surface area (Å²) in [7, 11) is 0. The third-order valence-electron chi connectivity index (χ3n) is 5.64. The molecule has 1 aromatic heterocycles. The van der Waals surface area contributed by atoms with Crippen LogP contribution in [0.3, 0.4) is 0 Å². The fourth-order valence-corrected chi connectivity index (χ4v) is 3.66. The summed E-state index contributed by atoms with van der Waals surface area (Å²) in [5.74, 6) is 0.416. The van der Waals surface area contributed by atoms with Gasteiger partial charge < -0.3 is 24.8 Å². The molecule has 7 heteroatoms. The maximum Gasteiger partial charge on any atom is 0.262 e. The van der Waals surface area contributed by atoms with Gasteiger partial charge in [-0.2, -0.15) is 5.26 Å². The number of nitrogens with zero attached hydrogens (tertiary/aromatic N) is 2.